The number of carbonyl (C=O) groups excluding carboxylic acids is 1. The van der Waals surface area contributed by atoms with Crippen molar-refractivity contribution in [1.29, 1.82) is 0 Å². The van der Waals surface area contributed by atoms with Gasteiger partial charge in [0.2, 0.25) is 0 Å². The molecule has 0 aliphatic heterocycles. The maximum Gasteiger partial charge on any atom is 0.327 e. The molecule has 17 heavy (non-hydrogen) atoms. The van der Waals surface area contributed by atoms with Crippen molar-refractivity contribution in [3.8, 4) is 0 Å². The fraction of sp³-hybridized carbons (Fsp3) is 0.333. The van der Waals surface area contributed by atoms with Crippen LogP contribution in [0.25, 0.3) is 0 Å². The van der Waals surface area contributed by atoms with E-state index in [2.05, 4.69) is 17.9 Å². The lowest BCUT2D eigenvalue weighted by atomic mass is 10.0. The molecule has 5 heteroatoms. The summed E-state index contributed by atoms with van der Waals surface area (Å²) >= 11 is 4.18. The fourth-order valence-electron chi connectivity index (χ4n) is 1.34. The number of carboxylic acid groups (broad SMARTS) is 1. The highest BCUT2D eigenvalue weighted by Crippen LogP contribution is 2.18. The van der Waals surface area contributed by atoms with Crippen molar-refractivity contribution in [3.63, 3.8) is 0 Å². The summed E-state index contributed by atoms with van der Waals surface area (Å²) in [5, 5.41) is 11.5. The van der Waals surface area contributed by atoms with E-state index in [0.717, 1.165) is 0 Å². The quantitative estimate of drug-likeness (QED) is 0.714. The van der Waals surface area contributed by atoms with Crippen molar-refractivity contribution in [1.82, 2.24) is 5.32 Å². The van der Waals surface area contributed by atoms with Crippen molar-refractivity contribution in [2.45, 2.75) is 24.6 Å². The van der Waals surface area contributed by atoms with Crippen LogP contribution in [0.1, 0.15) is 24.2 Å². The summed E-state index contributed by atoms with van der Waals surface area (Å²) in [4.78, 5) is 22.8. The van der Waals surface area contributed by atoms with Crippen LogP contribution in [-0.2, 0) is 4.79 Å². The van der Waals surface area contributed by atoms with Crippen LogP contribution < -0.4 is 5.32 Å². The SMILES string of the molecule is CC(C)(S)[C@H](NC(=O)c1ccccc1)C(=O)O. The van der Waals surface area contributed by atoms with E-state index in [1.807, 2.05) is 0 Å². The Balaban J connectivity index is 2.83. The lowest BCUT2D eigenvalue weighted by Crippen LogP contribution is -2.51. The van der Waals surface area contributed by atoms with Gasteiger partial charge in [-0.05, 0) is 26.0 Å². The molecule has 0 unspecified atom stereocenters. The molecule has 1 amide bonds. The molecular formula is C12H15NO3S. The van der Waals surface area contributed by atoms with Crippen LogP contribution in [0.4, 0.5) is 0 Å². The minimum Gasteiger partial charge on any atom is -0.480 e. The smallest absolute Gasteiger partial charge is 0.327 e. The Morgan fingerprint density at radius 1 is 1.29 bits per heavy atom. The van der Waals surface area contributed by atoms with Gasteiger partial charge < -0.3 is 10.4 Å². The van der Waals surface area contributed by atoms with Crippen LogP contribution in [-0.4, -0.2) is 27.8 Å². The summed E-state index contributed by atoms with van der Waals surface area (Å²) < 4.78 is -0.837. The largest absolute Gasteiger partial charge is 0.480 e. The number of nitrogens with one attached hydrogen (secondary N) is 1. The Bertz CT molecular complexity index is 412. The van der Waals surface area contributed by atoms with E-state index in [4.69, 9.17) is 5.11 Å². The van der Waals surface area contributed by atoms with E-state index in [0.29, 0.717) is 5.56 Å². The second kappa shape index (κ2) is 5.23. The first-order valence-electron chi connectivity index (χ1n) is 5.13. The third kappa shape index (κ3) is 3.78. The maximum absolute atomic E-state index is 11.8. The lowest BCUT2D eigenvalue weighted by Gasteiger charge is -2.26. The maximum atomic E-state index is 11.8. The van der Waals surface area contributed by atoms with Gasteiger partial charge in [-0.3, -0.25) is 4.79 Å². The van der Waals surface area contributed by atoms with Crippen LogP contribution in [0, 0.1) is 0 Å². The second-order valence-corrected chi connectivity index (χ2v) is 5.42. The van der Waals surface area contributed by atoms with Gasteiger partial charge in [-0.1, -0.05) is 18.2 Å². The lowest BCUT2D eigenvalue weighted by molar-refractivity contribution is -0.139. The van der Waals surface area contributed by atoms with Crippen LogP contribution in [0.5, 0.6) is 0 Å². The molecule has 0 radical (unpaired) electrons. The van der Waals surface area contributed by atoms with Crippen LogP contribution in [0.2, 0.25) is 0 Å². The number of thiol groups is 1. The Hall–Kier alpha value is -1.49. The van der Waals surface area contributed by atoms with Crippen molar-refractivity contribution in [2.75, 3.05) is 0 Å². The predicted octanol–water partition coefficient (Wildman–Crippen LogP) is 1.58. The molecule has 0 fully saturated rings. The minimum absolute atomic E-state index is 0.417. The number of amides is 1. The first-order chi connectivity index (χ1) is 7.82. The van der Waals surface area contributed by atoms with E-state index < -0.39 is 22.7 Å². The minimum atomic E-state index is -1.10. The van der Waals surface area contributed by atoms with Crippen molar-refractivity contribution in [3.05, 3.63) is 35.9 Å². The highest BCUT2D eigenvalue weighted by molar-refractivity contribution is 7.81. The molecule has 0 aliphatic rings. The molecule has 0 bridgehead atoms. The van der Waals surface area contributed by atoms with Crippen LogP contribution in [0.3, 0.4) is 0 Å². The molecule has 0 heterocycles. The number of carbonyl (C=O) groups is 2. The molecule has 1 aromatic rings. The topological polar surface area (TPSA) is 66.4 Å². The highest BCUT2D eigenvalue weighted by Gasteiger charge is 2.33. The summed E-state index contributed by atoms with van der Waals surface area (Å²) in [7, 11) is 0. The van der Waals surface area contributed by atoms with Gasteiger partial charge in [-0.2, -0.15) is 12.6 Å². The molecule has 1 rings (SSSR count). The van der Waals surface area contributed by atoms with Crippen molar-refractivity contribution in [2.24, 2.45) is 0 Å². The molecule has 0 spiro atoms. The molecule has 4 nitrogen and oxygen atoms in total. The molecule has 1 atom stereocenters. The van der Waals surface area contributed by atoms with Gasteiger partial charge in [0.05, 0.1) is 0 Å². The third-order valence-electron chi connectivity index (χ3n) is 2.26. The first-order valence-corrected chi connectivity index (χ1v) is 5.58. The van der Waals surface area contributed by atoms with Crippen molar-refractivity contribution < 1.29 is 14.7 Å². The molecular weight excluding hydrogens is 238 g/mol. The first kappa shape index (κ1) is 13.6. The molecule has 0 saturated carbocycles. The van der Waals surface area contributed by atoms with Crippen molar-refractivity contribution >= 4 is 24.5 Å². The molecule has 2 N–H and O–H groups in total. The number of rotatable bonds is 4. The molecule has 92 valence electrons. The Morgan fingerprint density at radius 2 is 1.82 bits per heavy atom. The molecule has 1 aromatic carbocycles. The third-order valence-corrected chi connectivity index (χ3v) is 2.52. The predicted molar refractivity (Wildman–Crippen MR) is 68.4 cm³/mol. The number of carboxylic acids is 1. The van der Waals surface area contributed by atoms with Crippen LogP contribution in [0.15, 0.2) is 30.3 Å². The summed E-state index contributed by atoms with van der Waals surface area (Å²) in [5.41, 5.74) is 0.427. The summed E-state index contributed by atoms with van der Waals surface area (Å²) in [5.74, 6) is -1.52. The van der Waals surface area contributed by atoms with Gasteiger partial charge in [0.1, 0.15) is 6.04 Å². The number of benzene rings is 1. The molecule has 0 saturated heterocycles. The second-order valence-electron chi connectivity index (χ2n) is 4.26. The fourth-order valence-corrected chi connectivity index (χ4v) is 1.52. The highest BCUT2D eigenvalue weighted by atomic mass is 32.1. The zero-order valence-electron chi connectivity index (χ0n) is 9.68. The van der Waals surface area contributed by atoms with E-state index in [-0.39, 0.29) is 0 Å². The van der Waals surface area contributed by atoms with Gasteiger partial charge in [0, 0.05) is 10.3 Å². The van der Waals surface area contributed by atoms with E-state index in [1.165, 1.54) is 0 Å². The Labute approximate surface area is 105 Å². The summed E-state index contributed by atoms with van der Waals surface area (Å²) in [6.07, 6.45) is 0. The van der Waals surface area contributed by atoms with E-state index >= 15 is 0 Å². The van der Waals surface area contributed by atoms with Gasteiger partial charge in [0.15, 0.2) is 0 Å². The number of hydrogen-bond donors (Lipinski definition) is 3. The molecule has 0 aliphatic carbocycles. The number of aliphatic carboxylic acids is 1. The van der Waals surface area contributed by atoms with E-state index in [9.17, 15) is 9.59 Å². The zero-order chi connectivity index (χ0) is 13.1. The van der Waals surface area contributed by atoms with Gasteiger partial charge in [0.25, 0.3) is 5.91 Å². The van der Waals surface area contributed by atoms with Gasteiger partial charge >= 0.3 is 5.97 Å². The Morgan fingerprint density at radius 3 is 2.24 bits per heavy atom. The normalized spacial score (nSPS) is 12.9. The summed E-state index contributed by atoms with van der Waals surface area (Å²) in [6.45, 7) is 3.28. The monoisotopic (exact) mass is 253 g/mol. The van der Waals surface area contributed by atoms with Gasteiger partial charge in [-0.25, -0.2) is 4.79 Å². The average Bonchev–Trinajstić information content (AvgIpc) is 2.24. The summed E-state index contributed by atoms with van der Waals surface area (Å²) in [6, 6.07) is 7.43. The van der Waals surface area contributed by atoms with Gasteiger partial charge in [-0.15, -0.1) is 0 Å². The van der Waals surface area contributed by atoms with Crippen LogP contribution >= 0.6 is 12.6 Å². The van der Waals surface area contributed by atoms with E-state index in [1.54, 1.807) is 44.2 Å². The Kier molecular flexibility index (Phi) is 4.17. The average molecular weight is 253 g/mol. The standard InChI is InChI=1S/C12H15NO3S/c1-12(2,17)9(11(15)16)13-10(14)8-6-4-3-5-7-8/h3-7,9,17H,1-2H3,(H,13,14)(H,15,16)/t9-/m1/s1. The molecule has 0 aromatic heterocycles. The zero-order valence-corrected chi connectivity index (χ0v) is 10.6. The number of hydrogen-bond acceptors (Lipinski definition) is 3.